The highest BCUT2D eigenvalue weighted by Gasteiger charge is 2.11. The Balaban J connectivity index is 2.87. The first-order chi connectivity index (χ1) is 8.10. The molecule has 5 heteroatoms. The summed E-state index contributed by atoms with van der Waals surface area (Å²) in [6.45, 7) is 4.51. The van der Waals surface area contributed by atoms with Gasteiger partial charge in [0.1, 0.15) is 5.82 Å². The van der Waals surface area contributed by atoms with E-state index in [0.29, 0.717) is 18.2 Å². The smallest absolute Gasteiger partial charge is 0.173 e. The highest BCUT2D eigenvalue weighted by Crippen LogP contribution is 2.13. The Morgan fingerprint density at radius 2 is 2.29 bits per heavy atom. The Morgan fingerprint density at radius 1 is 1.59 bits per heavy atom. The fourth-order valence-electron chi connectivity index (χ4n) is 1.40. The third-order valence-electron chi connectivity index (χ3n) is 2.72. The van der Waals surface area contributed by atoms with Gasteiger partial charge in [-0.25, -0.2) is 4.39 Å². The second-order valence-electron chi connectivity index (χ2n) is 3.95. The van der Waals surface area contributed by atoms with Gasteiger partial charge >= 0.3 is 0 Å². The number of benzene rings is 1. The van der Waals surface area contributed by atoms with Crippen molar-refractivity contribution in [2.45, 2.75) is 32.9 Å². The third-order valence-corrected chi connectivity index (χ3v) is 2.72. The molecule has 0 fully saturated rings. The number of rotatable bonds is 5. The number of nitrogens with one attached hydrogen (secondary N) is 1. The number of hydrogen-bond donors (Lipinski definition) is 3. The van der Waals surface area contributed by atoms with Crippen molar-refractivity contribution in [2.24, 2.45) is 10.9 Å². The lowest BCUT2D eigenvalue weighted by atomic mass is 10.1. The number of hydrogen-bond acceptors (Lipinski definition) is 3. The standard InChI is InChI=1S/C12H18FN3O/c1-3-8(2)15-7-9-5-4-6-10(11(9)13)12(14)16-17/h4-6,8,15,17H,3,7H2,1-2H3,(H2,14,16). The predicted molar refractivity (Wildman–Crippen MR) is 65.5 cm³/mol. The van der Waals surface area contributed by atoms with Crippen LogP contribution in [0.3, 0.4) is 0 Å². The maximum absolute atomic E-state index is 14.0. The molecule has 0 aliphatic heterocycles. The molecule has 94 valence electrons. The lowest BCUT2D eigenvalue weighted by molar-refractivity contribution is 0.318. The molecule has 17 heavy (non-hydrogen) atoms. The highest BCUT2D eigenvalue weighted by atomic mass is 19.1. The monoisotopic (exact) mass is 239 g/mol. The van der Waals surface area contributed by atoms with Crippen molar-refractivity contribution < 1.29 is 9.60 Å². The van der Waals surface area contributed by atoms with Gasteiger partial charge in [0.2, 0.25) is 0 Å². The number of nitrogens with two attached hydrogens (primary N) is 1. The minimum absolute atomic E-state index is 0.121. The molecule has 0 aliphatic carbocycles. The van der Waals surface area contributed by atoms with E-state index in [1.807, 2.05) is 6.92 Å². The van der Waals surface area contributed by atoms with Gasteiger partial charge < -0.3 is 16.3 Å². The maximum atomic E-state index is 14.0. The van der Waals surface area contributed by atoms with Gasteiger partial charge in [0.05, 0.1) is 5.56 Å². The van der Waals surface area contributed by atoms with Crippen LogP contribution in [-0.2, 0) is 6.54 Å². The molecule has 1 aromatic rings. The Kier molecular flexibility index (Phi) is 4.90. The Hall–Kier alpha value is -1.62. The van der Waals surface area contributed by atoms with E-state index in [-0.39, 0.29) is 11.4 Å². The summed E-state index contributed by atoms with van der Waals surface area (Å²) in [6.07, 6.45) is 0.974. The second kappa shape index (κ2) is 6.20. The van der Waals surface area contributed by atoms with Crippen molar-refractivity contribution in [3.05, 3.63) is 35.1 Å². The van der Waals surface area contributed by atoms with Gasteiger partial charge in [-0.15, -0.1) is 0 Å². The molecule has 0 heterocycles. The van der Waals surface area contributed by atoms with Gasteiger partial charge in [-0.05, 0) is 19.4 Å². The third kappa shape index (κ3) is 3.42. The van der Waals surface area contributed by atoms with Gasteiger partial charge in [0, 0.05) is 18.2 Å². The van der Waals surface area contributed by atoms with E-state index in [2.05, 4.69) is 17.4 Å². The molecule has 0 radical (unpaired) electrons. The van der Waals surface area contributed by atoms with Gasteiger partial charge in [-0.1, -0.05) is 24.2 Å². The van der Waals surface area contributed by atoms with Crippen molar-refractivity contribution in [1.82, 2.24) is 5.32 Å². The van der Waals surface area contributed by atoms with Crippen LogP contribution >= 0.6 is 0 Å². The van der Waals surface area contributed by atoms with E-state index >= 15 is 0 Å². The van der Waals surface area contributed by atoms with Gasteiger partial charge in [-0.3, -0.25) is 0 Å². The summed E-state index contributed by atoms with van der Waals surface area (Å²) in [7, 11) is 0. The van der Waals surface area contributed by atoms with Crippen LogP contribution in [0.15, 0.2) is 23.4 Å². The molecule has 0 amide bonds. The van der Waals surface area contributed by atoms with E-state index in [9.17, 15) is 4.39 Å². The zero-order valence-corrected chi connectivity index (χ0v) is 10.1. The second-order valence-corrected chi connectivity index (χ2v) is 3.95. The molecule has 0 bridgehead atoms. The molecule has 4 nitrogen and oxygen atoms in total. The van der Waals surface area contributed by atoms with Crippen LogP contribution in [0.25, 0.3) is 0 Å². The Bertz CT molecular complexity index is 407. The zero-order chi connectivity index (χ0) is 12.8. The minimum Gasteiger partial charge on any atom is -0.409 e. The van der Waals surface area contributed by atoms with Crippen LogP contribution in [0.4, 0.5) is 4.39 Å². The molecule has 4 N–H and O–H groups in total. The summed E-state index contributed by atoms with van der Waals surface area (Å²) in [4.78, 5) is 0. The fraction of sp³-hybridized carbons (Fsp3) is 0.417. The number of amidine groups is 1. The zero-order valence-electron chi connectivity index (χ0n) is 10.1. The van der Waals surface area contributed by atoms with Crippen LogP contribution in [0.5, 0.6) is 0 Å². The van der Waals surface area contributed by atoms with Crippen LogP contribution in [-0.4, -0.2) is 17.1 Å². The summed E-state index contributed by atoms with van der Waals surface area (Å²) in [5, 5.41) is 14.5. The van der Waals surface area contributed by atoms with Crippen molar-refractivity contribution in [3.8, 4) is 0 Å². The van der Waals surface area contributed by atoms with E-state index < -0.39 is 5.82 Å². The first kappa shape index (κ1) is 13.4. The lowest BCUT2D eigenvalue weighted by Crippen LogP contribution is -2.25. The summed E-state index contributed by atoms with van der Waals surface area (Å²) in [5.74, 6) is -0.661. The molecule has 0 spiro atoms. The normalized spacial score (nSPS) is 13.7. The molecule has 1 atom stereocenters. The molecule has 0 aromatic heterocycles. The molecular formula is C12H18FN3O. The van der Waals surface area contributed by atoms with Crippen molar-refractivity contribution in [3.63, 3.8) is 0 Å². The van der Waals surface area contributed by atoms with Crippen LogP contribution < -0.4 is 11.1 Å². The van der Waals surface area contributed by atoms with Crippen LogP contribution in [0, 0.1) is 5.82 Å². The van der Waals surface area contributed by atoms with Gasteiger partial charge in [0.15, 0.2) is 5.84 Å². The first-order valence-corrected chi connectivity index (χ1v) is 5.58. The Labute approximate surface area is 100 Å². The van der Waals surface area contributed by atoms with Crippen molar-refractivity contribution in [2.75, 3.05) is 0 Å². The van der Waals surface area contributed by atoms with Crippen LogP contribution in [0.1, 0.15) is 31.4 Å². The van der Waals surface area contributed by atoms with Gasteiger partial charge in [-0.2, -0.15) is 0 Å². The average Bonchev–Trinajstić information content (AvgIpc) is 2.36. The minimum atomic E-state index is -0.446. The molecular weight excluding hydrogens is 221 g/mol. The maximum Gasteiger partial charge on any atom is 0.173 e. The van der Waals surface area contributed by atoms with Crippen molar-refractivity contribution in [1.29, 1.82) is 0 Å². The summed E-state index contributed by atoms with van der Waals surface area (Å²) >= 11 is 0. The van der Waals surface area contributed by atoms with Gasteiger partial charge in [0.25, 0.3) is 0 Å². The lowest BCUT2D eigenvalue weighted by Gasteiger charge is -2.12. The fourth-order valence-corrected chi connectivity index (χ4v) is 1.40. The van der Waals surface area contributed by atoms with E-state index in [1.54, 1.807) is 12.1 Å². The topological polar surface area (TPSA) is 70.6 Å². The molecule has 1 aromatic carbocycles. The molecule has 0 saturated carbocycles. The molecule has 0 saturated heterocycles. The predicted octanol–water partition coefficient (Wildman–Crippen LogP) is 1.81. The molecule has 0 aliphatic rings. The van der Waals surface area contributed by atoms with E-state index in [4.69, 9.17) is 10.9 Å². The number of halogens is 1. The Morgan fingerprint density at radius 3 is 2.88 bits per heavy atom. The SMILES string of the molecule is CCC(C)NCc1cccc(/C(N)=N/O)c1F. The highest BCUT2D eigenvalue weighted by molar-refractivity contribution is 5.97. The average molecular weight is 239 g/mol. The summed E-state index contributed by atoms with van der Waals surface area (Å²) in [5.41, 5.74) is 6.02. The van der Waals surface area contributed by atoms with Crippen molar-refractivity contribution >= 4 is 5.84 Å². The molecule has 1 unspecified atom stereocenters. The quantitative estimate of drug-likeness (QED) is 0.317. The molecule has 1 rings (SSSR count). The van der Waals surface area contributed by atoms with Crippen LogP contribution in [0.2, 0.25) is 0 Å². The van der Waals surface area contributed by atoms with E-state index in [1.165, 1.54) is 6.07 Å². The largest absolute Gasteiger partial charge is 0.409 e. The van der Waals surface area contributed by atoms with E-state index in [0.717, 1.165) is 6.42 Å². The summed E-state index contributed by atoms with van der Waals surface area (Å²) in [6, 6.07) is 5.17. The first-order valence-electron chi connectivity index (χ1n) is 5.58. The number of nitrogens with zero attached hydrogens (tertiary/aromatic N) is 1. The number of oxime groups is 1. The summed E-state index contributed by atoms with van der Waals surface area (Å²) < 4.78 is 14.0.